The van der Waals surface area contributed by atoms with Gasteiger partial charge in [-0.25, -0.2) is 4.98 Å². The Morgan fingerprint density at radius 3 is 2.61 bits per heavy atom. The van der Waals surface area contributed by atoms with Crippen LogP contribution in [0.3, 0.4) is 0 Å². The van der Waals surface area contributed by atoms with Crippen molar-refractivity contribution in [3.63, 3.8) is 0 Å². The zero-order chi connectivity index (χ0) is 16.8. The van der Waals surface area contributed by atoms with Gasteiger partial charge < -0.3 is 10.2 Å². The minimum absolute atomic E-state index is 0.0485. The minimum atomic E-state index is -4.58. The Labute approximate surface area is 131 Å². The molecule has 0 aliphatic heterocycles. The molecule has 1 saturated carbocycles. The van der Waals surface area contributed by atoms with Crippen molar-refractivity contribution in [1.29, 1.82) is 0 Å². The van der Waals surface area contributed by atoms with Crippen LogP contribution in [0.5, 0.6) is 0 Å². The van der Waals surface area contributed by atoms with Gasteiger partial charge in [0.1, 0.15) is 5.82 Å². The molecular formula is C14H19F3N6. The van der Waals surface area contributed by atoms with Crippen molar-refractivity contribution in [2.75, 3.05) is 26.0 Å². The lowest BCUT2D eigenvalue weighted by Gasteiger charge is -2.25. The van der Waals surface area contributed by atoms with E-state index in [4.69, 9.17) is 0 Å². The van der Waals surface area contributed by atoms with E-state index in [1.54, 1.807) is 13.0 Å². The van der Waals surface area contributed by atoms with Crippen LogP contribution in [0.25, 0.3) is 5.78 Å². The average Bonchev–Trinajstić information content (AvgIpc) is 3.15. The van der Waals surface area contributed by atoms with E-state index in [0.717, 1.165) is 4.52 Å². The van der Waals surface area contributed by atoms with Crippen molar-refractivity contribution in [2.24, 2.45) is 5.92 Å². The Hall–Kier alpha value is -1.90. The smallest absolute Gasteiger partial charge is 0.368 e. The molecule has 126 valence electrons. The van der Waals surface area contributed by atoms with Gasteiger partial charge in [0.25, 0.3) is 11.6 Å². The Bertz CT molecular complexity index is 702. The largest absolute Gasteiger partial charge is 0.453 e. The van der Waals surface area contributed by atoms with Crippen LogP contribution in [0.1, 0.15) is 24.4 Å². The first-order chi connectivity index (χ1) is 10.8. The van der Waals surface area contributed by atoms with Crippen molar-refractivity contribution >= 4 is 11.6 Å². The highest BCUT2D eigenvalue weighted by Crippen LogP contribution is 2.34. The summed E-state index contributed by atoms with van der Waals surface area (Å²) in [5.74, 6) is -0.113. The van der Waals surface area contributed by atoms with E-state index in [-0.39, 0.29) is 5.78 Å². The molecule has 23 heavy (non-hydrogen) atoms. The van der Waals surface area contributed by atoms with Crippen LogP contribution in [0.2, 0.25) is 0 Å². The lowest BCUT2D eigenvalue weighted by atomic mass is 10.1. The number of anilines is 1. The molecule has 2 aromatic rings. The summed E-state index contributed by atoms with van der Waals surface area (Å²) in [6.07, 6.45) is -2.20. The van der Waals surface area contributed by atoms with E-state index < -0.39 is 12.0 Å². The Kier molecular flexibility index (Phi) is 3.91. The van der Waals surface area contributed by atoms with Crippen molar-refractivity contribution in [3.05, 3.63) is 17.6 Å². The molecule has 6 nitrogen and oxygen atoms in total. The number of hydrogen-bond donors (Lipinski definition) is 1. The second kappa shape index (κ2) is 5.63. The molecule has 3 rings (SSSR count). The van der Waals surface area contributed by atoms with Gasteiger partial charge in [0.2, 0.25) is 0 Å². The Balaban J connectivity index is 1.88. The average molecular weight is 328 g/mol. The first-order valence-corrected chi connectivity index (χ1v) is 7.47. The van der Waals surface area contributed by atoms with Crippen molar-refractivity contribution in [3.8, 4) is 0 Å². The second-order valence-electron chi connectivity index (χ2n) is 6.18. The van der Waals surface area contributed by atoms with E-state index >= 15 is 0 Å². The Morgan fingerprint density at radius 2 is 2.04 bits per heavy atom. The summed E-state index contributed by atoms with van der Waals surface area (Å²) in [5.41, 5.74) is 0.592. The van der Waals surface area contributed by atoms with Gasteiger partial charge in [0.15, 0.2) is 0 Å². The van der Waals surface area contributed by atoms with Gasteiger partial charge in [-0.2, -0.15) is 22.7 Å². The number of hydrogen-bond acceptors (Lipinski definition) is 5. The Morgan fingerprint density at radius 1 is 1.35 bits per heavy atom. The van der Waals surface area contributed by atoms with Gasteiger partial charge in [-0.05, 0) is 39.8 Å². The SMILES string of the molecule is Cc1cc(NC[C@H](C2CC2)N(C)C)n2nc(C(F)(F)F)nc2n1. The molecular weight excluding hydrogens is 309 g/mol. The van der Waals surface area contributed by atoms with Crippen LogP contribution in [0, 0.1) is 12.8 Å². The number of aryl methyl sites for hydroxylation is 1. The molecule has 9 heteroatoms. The van der Waals surface area contributed by atoms with E-state index in [0.29, 0.717) is 30.0 Å². The lowest BCUT2D eigenvalue weighted by molar-refractivity contribution is -0.144. The highest BCUT2D eigenvalue weighted by molar-refractivity contribution is 5.45. The van der Waals surface area contributed by atoms with Gasteiger partial charge >= 0.3 is 6.18 Å². The molecule has 0 amide bonds. The normalized spacial score (nSPS) is 17.0. The molecule has 2 aromatic heterocycles. The molecule has 0 radical (unpaired) electrons. The van der Waals surface area contributed by atoms with Crippen LogP contribution in [-0.2, 0) is 6.18 Å². The number of nitrogens with zero attached hydrogens (tertiary/aromatic N) is 5. The maximum atomic E-state index is 12.8. The number of alkyl halides is 3. The molecule has 0 saturated heterocycles. The number of likely N-dealkylation sites (N-methyl/N-ethyl adjacent to an activating group) is 1. The minimum Gasteiger partial charge on any atom is -0.368 e. The highest BCUT2D eigenvalue weighted by atomic mass is 19.4. The summed E-state index contributed by atoms with van der Waals surface area (Å²) in [5, 5.41) is 6.76. The fourth-order valence-electron chi connectivity index (χ4n) is 2.69. The van der Waals surface area contributed by atoms with E-state index in [2.05, 4.69) is 25.3 Å². The molecule has 1 aliphatic carbocycles. The zero-order valence-corrected chi connectivity index (χ0v) is 13.2. The van der Waals surface area contributed by atoms with Crippen LogP contribution in [-0.4, -0.2) is 51.2 Å². The zero-order valence-electron chi connectivity index (χ0n) is 13.2. The number of rotatable bonds is 5. The van der Waals surface area contributed by atoms with Crippen LogP contribution >= 0.6 is 0 Å². The molecule has 2 heterocycles. The predicted octanol–water partition coefficient (Wildman–Crippen LogP) is 2.20. The lowest BCUT2D eigenvalue weighted by Crippen LogP contribution is -2.36. The van der Waals surface area contributed by atoms with Gasteiger partial charge in [-0.1, -0.05) is 0 Å². The fourth-order valence-corrected chi connectivity index (χ4v) is 2.69. The van der Waals surface area contributed by atoms with Gasteiger partial charge in [0, 0.05) is 24.3 Å². The first-order valence-electron chi connectivity index (χ1n) is 7.47. The molecule has 1 atom stereocenters. The number of fused-ring (bicyclic) bond motifs is 1. The third-order valence-corrected chi connectivity index (χ3v) is 4.02. The van der Waals surface area contributed by atoms with Crippen LogP contribution in [0.4, 0.5) is 19.0 Å². The van der Waals surface area contributed by atoms with Crippen LogP contribution < -0.4 is 5.32 Å². The van der Waals surface area contributed by atoms with Crippen molar-refractivity contribution in [2.45, 2.75) is 32.0 Å². The second-order valence-corrected chi connectivity index (χ2v) is 6.18. The summed E-state index contributed by atoms with van der Waals surface area (Å²) < 4.78 is 39.5. The predicted molar refractivity (Wildman–Crippen MR) is 79.2 cm³/mol. The van der Waals surface area contributed by atoms with E-state index in [1.807, 2.05) is 14.1 Å². The summed E-state index contributed by atoms with van der Waals surface area (Å²) >= 11 is 0. The molecule has 0 spiro atoms. The molecule has 1 aliphatic rings. The van der Waals surface area contributed by atoms with E-state index in [1.165, 1.54) is 12.8 Å². The van der Waals surface area contributed by atoms with Gasteiger partial charge in [-0.3, -0.25) is 0 Å². The highest BCUT2D eigenvalue weighted by Gasteiger charge is 2.37. The fraction of sp³-hybridized carbons (Fsp3) is 0.643. The number of nitrogens with one attached hydrogen (secondary N) is 1. The summed E-state index contributed by atoms with van der Waals surface area (Å²) in [7, 11) is 4.02. The first kappa shape index (κ1) is 16.0. The van der Waals surface area contributed by atoms with Crippen LogP contribution in [0.15, 0.2) is 6.07 Å². The molecule has 1 N–H and O–H groups in total. The third-order valence-electron chi connectivity index (χ3n) is 4.02. The maximum Gasteiger partial charge on any atom is 0.453 e. The summed E-state index contributed by atoms with van der Waals surface area (Å²) in [4.78, 5) is 9.64. The topological polar surface area (TPSA) is 58.4 Å². The molecule has 1 fully saturated rings. The van der Waals surface area contributed by atoms with Gasteiger partial charge in [0.05, 0.1) is 0 Å². The third kappa shape index (κ3) is 3.39. The molecule has 0 bridgehead atoms. The molecule has 0 aromatic carbocycles. The van der Waals surface area contributed by atoms with Crippen molar-refractivity contribution < 1.29 is 13.2 Å². The monoisotopic (exact) mass is 328 g/mol. The van der Waals surface area contributed by atoms with E-state index in [9.17, 15) is 13.2 Å². The standard InChI is InChI=1S/C14H19F3N6/c1-8-6-11(18-7-10(22(2)3)9-4-5-9)23-13(19-8)20-12(21-23)14(15,16)17/h6,9-10,18H,4-5,7H2,1-3H3/t10-/m1/s1. The summed E-state index contributed by atoms with van der Waals surface area (Å²) in [6, 6.07) is 2.02. The summed E-state index contributed by atoms with van der Waals surface area (Å²) in [6.45, 7) is 2.36. The number of halogens is 3. The van der Waals surface area contributed by atoms with Crippen molar-refractivity contribution in [1.82, 2.24) is 24.5 Å². The quantitative estimate of drug-likeness (QED) is 0.912. The number of aromatic nitrogens is 4. The van der Waals surface area contributed by atoms with Gasteiger partial charge in [-0.15, -0.1) is 5.10 Å². The molecule has 0 unspecified atom stereocenters. The maximum absolute atomic E-state index is 12.8.